The number of ether oxygens (including phenoxy) is 1. The average molecular weight is 376 g/mol. The summed E-state index contributed by atoms with van der Waals surface area (Å²) in [4.78, 5) is 23.1. The van der Waals surface area contributed by atoms with E-state index < -0.39 is 17.9 Å². The van der Waals surface area contributed by atoms with Crippen LogP contribution in [0.1, 0.15) is 25.8 Å². The molecule has 2 atom stereocenters. The number of rotatable bonds is 6. The summed E-state index contributed by atoms with van der Waals surface area (Å²) in [6, 6.07) is 7.41. The summed E-state index contributed by atoms with van der Waals surface area (Å²) in [5.41, 5.74) is 0.844. The van der Waals surface area contributed by atoms with Gasteiger partial charge in [-0.05, 0) is 54.0 Å². The molecular weight excluding hydrogens is 359 g/mol. The lowest BCUT2D eigenvalue weighted by molar-refractivity contribution is -0.161. The van der Waals surface area contributed by atoms with E-state index in [0.29, 0.717) is 6.42 Å². The van der Waals surface area contributed by atoms with Crippen LogP contribution < -0.4 is 0 Å². The first kappa shape index (κ1) is 15.9. The van der Waals surface area contributed by atoms with E-state index in [1.165, 1.54) is 0 Å². The van der Waals surface area contributed by atoms with Gasteiger partial charge in [0.25, 0.3) is 0 Å². The Morgan fingerprint density at radius 1 is 1.37 bits per heavy atom. The van der Waals surface area contributed by atoms with Gasteiger partial charge in [0.1, 0.15) is 0 Å². The molecule has 2 unspecified atom stereocenters. The van der Waals surface area contributed by atoms with Crippen molar-refractivity contribution in [2.45, 2.75) is 32.8 Å². The third kappa shape index (κ3) is 4.81. The molecule has 1 aromatic rings. The lowest BCUT2D eigenvalue weighted by Gasteiger charge is -2.16. The number of carbonyl (C=O) groups excluding carboxylic acids is 1. The highest BCUT2D eigenvalue weighted by molar-refractivity contribution is 14.1. The number of aliphatic carboxylic acids is 1. The van der Waals surface area contributed by atoms with Crippen LogP contribution in [0.25, 0.3) is 0 Å². The molecule has 4 nitrogen and oxygen atoms in total. The van der Waals surface area contributed by atoms with Crippen LogP contribution in [0.4, 0.5) is 0 Å². The topological polar surface area (TPSA) is 63.6 Å². The second-order valence-corrected chi connectivity index (χ2v) is 5.50. The zero-order chi connectivity index (χ0) is 14.4. The van der Waals surface area contributed by atoms with Gasteiger partial charge in [0, 0.05) is 3.57 Å². The maximum absolute atomic E-state index is 11.9. The van der Waals surface area contributed by atoms with Gasteiger partial charge in [-0.3, -0.25) is 9.59 Å². The van der Waals surface area contributed by atoms with Crippen LogP contribution in [0.2, 0.25) is 0 Å². The number of hydrogen-bond donors (Lipinski definition) is 1. The first-order valence-corrected chi connectivity index (χ1v) is 7.20. The maximum atomic E-state index is 11.9. The van der Waals surface area contributed by atoms with Gasteiger partial charge in [-0.15, -0.1) is 0 Å². The van der Waals surface area contributed by atoms with Crippen LogP contribution in [-0.2, 0) is 20.7 Å². The predicted octanol–water partition coefficient (Wildman–Crippen LogP) is 2.88. The summed E-state index contributed by atoms with van der Waals surface area (Å²) in [6.45, 7) is 3.64. The molecule has 0 aliphatic heterocycles. The van der Waals surface area contributed by atoms with E-state index >= 15 is 0 Å². The molecule has 0 saturated carbocycles. The van der Waals surface area contributed by atoms with Crippen molar-refractivity contribution >= 4 is 34.5 Å². The molecule has 1 rings (SSSR count). The van der Waals surface area contributed by atoms with E-state index in [-0.39, 0.29) is 12.5 Å². The summed E-state index contributed by atoms with van der Waals surface area (Å²) in [5, 5.41) is 9.18. The van der Waals surface area contributed by atoms with Gasteiger partial charge in [-0.25, -0.2) is 0 Å². The molecule has 0 spiro atoms. The van der Waals surface area contributed by atoms with Gasteiger partial charge in [0.2, 0.25) is 0 Å². The quantitative estimate of drug-likeness (QED) is 0.471. The summed E-state index contributed by atoms with van der Waals surface area (Å²) in [5.74, 6) is -2.96. The first-order chi connectivity index (χ1) is 8.95. The number of carboxylic acids is 1. The Bertz CT molecular complexity index is 459. The van der Waals surface area contributed by atoms with Gasteiger partial charge in [-0.2, -0.15) is 0 Å². The smallest absolute Gasteiger partial charge is 0.320 e. The van der Waals surface area contributed by atoms with Crippen molar-refractivity contribution in [1.29, 1.82) is 0 Å². The monoisotopic (exact) mass is 376 g/mol. The van der Waals surface area contributed by atoms with Crippen LogP contribution in [0, 0.1) is 9.49 Å². The number of benzene rings is 1. The fourth-order valence-electron chi connectivity index (χ4n) is 1.52. The van der Waals surface area contributed by atoms with E-state index in [9.17, 15) is 14.7 Å². The third-order valence-corrected chi connectivity index (χ3v) is 3.91. The summed E-state index contributed by atoms with van der Waals surface area (Å²) in [7, 11) is 0. The van der Waals surface area contributed by atoms with Crippen LogP contribution in [0.5, 0.6) is 0 Å². The zero-order valence-electron chi connectivity index (χ0n) is 10.9. The third-order valence-electron chi connectivity index (χ3n) is 2.86. The van der Waals surface area contributed by atoms with Crippen molar-refractivity contribution in [3.05, 3.63) is 33.4 Å². The van der Waals surface area contributed by atoms with Crippen LogP contribution in [0.3, 0.4) is 0 Å². The molecule has 0 aliphatic rings. The second kappa shape index (κ2) is 7.47. The number of carbonyl (C=O) groups is 2. The number of carboxylic acid groups (broad SMARTS) is 1. The lowest BCUT2D eigenvalue weighted by atomic mass is 9.99. The molecule has 19 heavy (non-hydrogen) atoms. The minimum Gasteiger partial charge on any atom is -0.481 e. The molecular formula is C14H17IO4. The minimum absolute atomic E-state index is 0.156. The standard InChI is InChI=1S/C14H17IO4/c1-3-9(2)19-14(18)11(13(16)17)8-10-6-4-5-7-12(10)15/h4-7,9,11H,3,8H2,1-2H3,(H,16,17). The van der Waals surface area contributed by atoms with Crippen LogP contribution >= 0.6 is 22.6 Å². The summed E-state index contributed by atoms with van der Waals surface area (Å²) in [6.07, 6.45) is 0.564. The van der Waals surface area contributed by atoms with E-state index in [2.05, 4.69) is 22.6 Å². The van der Waals surface area contributed by atoms with Gasteiger partial charge >= 0.3 is 11.9 Å². The van der Waals surface area contributed by atoms with E-state index in [0.717, 1.165) is 9.13 Å². The molecule has 1 aromatic carbocycles. The highest BCUT2D eigenvalue weighted by Crippen LogP contribution is 2.18. The second-order valence-electron chi connectivity index (χ2n) is 4.34. The molecule has 1 N–H and O–H groups in total. The maximum Gasteiger partial charge on any atom is 0.320 e. The SMILES string of the molecule is CCC(C)OC(=O)C(Cc1ccccc1I)C(=O)O. The van der Waals surface area contributed by atoms with Gasteiger partial charge < -0.3 is 9.84 Å². The lowest BCUT2D eigenvalue weighted by Crippen LogP contribution is -2.30. The highest BCUT2D eigenvalue weighted by Gasteiger charge is 2.29. The Kier molecular flexibility index (Phi) is 6.27. The summed E-state index contributed by atoms with van der Waals surface area (Å²) >= 11 is 2.13. The molecule has 0 aromatic heterocycles. The molecule has 0 fully saturated rings. The highest BCUT2D eigenvalue weighted by atomic mass is 127. The molecule has 5 heteroatoms. The number of esters is 1. The normalized spacial score (nSPS) is 13.6. The summed E-state index contributed by atoms with van der Waals surface area (Å²) < 4.78 is 6.06. The van der Waals surface area contributed by atoms with E-state index in [1.54, 1.807) is 6.92 Å². The molecule has 0 bridgehead atoms. The van der Waals surface area contributed by atoms with Crippen molar-refractivity contribution in [1.82, 2.24) is 0 Å². The Morgan fingerprint density at radius 2 is 2.00 bits per heavy atom. The van der Waals surface area contributed by atoms with E-state index in [4.69, 9.17) is 4.74 Å². The molecule has 0 aliphatic carbocycles. The Labute approximate surface area is 126 Å². The van der Waals surface area contributed by atoms with Crippen molar-refractivity contribution in [2.75, 3.05) is 0 Å². The van der Waals surface area contributed by atoms with Gasteiger partial charge in [0.15, 0.2) is 5.92 Å². The van der Waals surface area contributed by atoms with Gasteiger partial charge in [0.05, 0.1) is 6.10 Å². The fourth-order valence-corrected chi connectivity index (χ4v) is 2.13. The van der Waals surface area contributed by atoms with Crippen molar-refractivity contribution in [3.63, 3.8) is 0 Å². The largest absolute Gasteiger partial charge is 0.481 e. The first-order valence-electron chi connectivity index (χ1n) is 6.12. The zero-order valence-corrected chi connectivity index (χ0v) is 13.1. The van der Waals surface area contributed by atoms with Crippen LogP contribution in [0.15, 0.2) is 24.3 Å². The predicted molar refractivity (Wildman–Crippen MR) is 79.8 cm³/mol. The molecule has 0 heterocycles. The molecule has 0 amide bonds. The molecule has 0 saturated heterocycles. The Morgan fingerprint density at radius 3 is 2.53 bits per heavy atom. The van der Waals surface area contributed by atoms with E-state index in [1.807, 2.05) is 31.2 Å². The van der Waals surface area contributed by atoms with Crippen molar-refractivity contribution in [3.8, 4) is 0 Å². The molecule has 0 radical (unpaired) electrons. The Balaban J connectivity index is 2.82. The van der Waals surface area contributed by atoms with Crippen molar-refractivity contribution < 1.29 is 19.4 Å². The Hall–Kier alpha value is -1.11. The fraction of sp³-hybridized carbons (Fsp3) is 0.429. The number of halogens is 1. The van der Waals surface area contributed by atoms with Gasteiger partial charge in [-0.1, -0.05) is 25.1 Å². The average Bonchev–Trinajstić information content (AvgIpc) is 2.36. The molecule has 104 valence electrons. The van der Waals surface area contributed by atoms with Crippen molar-refractivity contribution in [2.24, 2.45) is 5.92 Å². The number of hydrogen-bond acceptors (Lipinski definition) is 3. The van der Waals surface area contributed by atoms with Crippen LogP contribution in [-0.4, -0.2) is 23.1 Å². The minimum atomic E-state index is -1.15.